The molecule has 2 aromatic heterocycles. The van der Waals surface area contributed by atoms with Crippen LogP contribution < -0.4 is 5.32 Å². The van der Waals surface area contributed by atoms with Crippen LogP contribution in [-0.2, 0) is 6.42 Å². The summed E-state index contributed by atoms with van der Waals surface area (Å²) >= 11 is 0. The Morgan fingerprint density at radius 3 is 2.72 bits per heavy atom. The lowest BCUT2D eigenvalue weighted by molar-refractivity contribution is 0.780. The Hall–Kier alpha value is -1.91. The van der Waals surface area contributed by atoms with Crippen LogP contribution in [0.3, 0.4) is 0 Å². The third kappa shape index (κ3) is 2.85. The first kappa shape index (κ1) is 12.5. The SMILES string of the molecule is CCCc1nc(NCC)cc(-n2ccc(C)n2)n1. The second-order valence-electron chi connectivity index (χ2n) is 4.21. The lowest BCUT2D eigenvalue weighted by atomic mass is 10.3. The largest absolute Gasteiger partial charge is 0.370 e. The second-order valence-corrected chi connectivity index (χ2v) is 4.21. The molecule has 5 heteroatoms. The lowest BCUT2D eigenvalue weighted by Crippen LogP contribution is -2.08. The number of rotatable bonds is 5. The fourth-order valence-corrected chi connectivity index (χ4v) is 1.75. The molecule has 0 aliphatic rings. The minimum atomic E-state index is 0.817. The summed E-state index contributed by atoms with van der Waals surface area (Å²) < 4.78 is 1.79. The van der Waals surface area contributed by atoms with Gasteiger partial charge in [0.25, 0.3) is 0 Å². The van der Waals surface area contributed by atoms with Crippen LogP contribution in [0.15, 0.2) is 18.3 Å². The molecule has 2 rings (SSSR count). The van der Waals surface area contributed by atoms with Crippen molar-refractivity contribution in [2.45, 2.75) is 33.6 Å². The summed E-state index contributed by atoms with van der Waals surface area (Å²) in [6, 6.07) is 3.89. The van der Waals surface area contributed by atoms with E-state index in [0.717, 1.165) is 42.5 Å². The van der Waals surface area contributed by atoms with Gasteiger partial charge in [-0.2, -0.15) is 5.10 Å². The molecule has 96 valence electrons. The van der Waals surface area contributed by atoms with Crippen LogP contribution in [0.1, 0.15) is 31.8 Å². The van der Waals surface area contributed by atoms with E-state index >= 15 is 0 Å². The number of hydrogen-bond acceptors (Lipinski definition) is 4. The Balaban J connectivity index is 2.39. The van der Waals surface area contributed by atoms with Crippen LogP contribution in [0.25, 0.3) is 5.82 Å². The molecule has 0 atom stereocenters. The van der Waals surface area contributed by atoms with Gasteiger partial charge in [-0.05, 0) is 26.3 Å². The van der Waals surface area contributed by atoms with Crippen LogP contribution in [-0.4, -0.2) is 26.3 Å². The molecule has 1 N–H and O–H groups in total. The van der Waals surface area contributed by atoms with Gasteiger partial charge < -0.3 is 5.32 Å². The van der Waals surface area contributed by atoms with Crippen molar-refractivity contribution in [3.63, 3.8) is 0 Å². The van der Waals surface area contributed by atoms with Gasteiger partial charge in [-0.25, -0.2) is 14.6 Å². The molecule has 18 heavy (non-hydrogen) atoms. The van der Waals surface area contributed by atoms with Crippen molar-refractivity contribution >= 4 is 5.82 Å². The molecule has 5 nitrogen and oxygen atoms in total. The van der Waals surface area contributed by atoms with E-state index in [1.807, 2.05) is 25.3 Å². The Kier molecular flexibility index (Phi) is 3.92. The third-order valence-corrected chi connectivity index (χ3v) is 2.55. The summed E-state index contributed by atoms with van der Waals surface area (Å²) in [5.41, 5.74) is 0.982. The first-order valence-corrected chi connectivity index (χ1v) is 6.37. The molecule has 2 aromatic rings. The fraction of sp³-hybridized carbons (Fsp3) is 0.462. The molecular weight excluding hydrogens is 226 g/mol. The standard InChI is InChI=1S/C13H19N5/c1-4-6-11-15-12(14-5-2)9-13(16-11)18-8-7-10(3)17-18/h7-9H,4-6H2,1-3H3,(H,14,15,16). The predicted octanol–water partition coefficient (Wildman–Crippen LogP) is 2.36. The highest BCUT2D eigenvalue weighted by Gasteiger charge is 2.06. The van der Waals surface area contributed by atoms with Crippen molar-refractivity contribution in [2.75, 3.05) is 11.9 Å². The van der Waals surface area contributed by atoms with Gasteiger partial charge in [-0.3, -0.25) is 0 Å². The Morgan fingerprint density at radius 1 is 1.28 bits per heavy atom. The molecule has 0 saturated heterocycles. The van der Waals surface area contributed by atoms with E-state index in [2.05, 4.69) is 34.2 Å². The number of aryl methyl sites for hydroxylation is 2. The van der Waals surface area contributed by atoms with E-state index in [9.17, 15) is 0 Å². The van der Waals surface area contributed by atoms with E-state index in [1.54, 1.807) is 4.68 Å². The van der Waals surface area contributed by atoms with Crippen molar-refractivity contribution in [1.29, 1.82) is 0 Å². The van der Waals surface area contributed by atoms with Gasteiger partial charge in [0.15, 0.2) is 5.82 Å². The number of anilines is 1. The lowest BCUT2D eigenvalue weighted by Gasteiger charge is -2.08. The summed E-state index contributed by atoms with van der Waals surface area (Å²) in [6.45, 7) is 7.00. The highest BCUT2D eigenvalue weighted by molar-refractivity contribution is 5.41. The van der Waals surface area contributed by atoms with Gasteiger partial charge in [0, 0.05) is 25.2 Å². The maximum atomic E-state index is 4.54. The van der Waals surface area contributed by atoms with Gasteiger partial charge in [0.1, 0.15) is 11.6 Å². The summed E-state index contributed by atoms with van der Waals surface area (Å²) in [5, 5.41) is 7.61. The molecule has 0 aliphatic heterocycles. The molecule has 0 spiro atoms. The highest BCUT2D eigenvalue weighted by Crippen LogP contribution is 2.12. The topological polar surface area (TPSA) is 55.6 Å². The molecule has 0 saturated carbocycles. The smallest absolute Gasteiger partial charge is 0.159 e. The Bertz CT molecular complexity index is 494. The molecular formula is C13H19N5. The van der Waals surface area contributed by atoms with E-state index < -0.39 is 0 Å². The zero-order chi connectivity index (χ0) is 13.0. The van der Waals surface area contributed by atoms with Crippen LogP contribution in [0.4, 0.5) is 5.82 Å². The molecule has 0 bridgehead atoms. The average molecular weight is 245 g/mol. The average Bonchev–Trinajstić information content (AvgIpc) is 2.76. The summed E-state index contributed by atoms with van der Waals surface area (Å²) in [7, 11) is 0. The molecule has 0 amide bonds. The van der Waals surface area contributed by atoms with Gasteiger partial charge in [-0.1, -0.05) is 6.92 Å². The quantitative estimate of drug-likeness (QED) is 0.878. The van der Waals surface area contributed by atoms with Crippen LogP contribution in [0, 0.1) is 6.92 Å². The zero-order valence-electron chi connectivity index (χ0n) is 11.1. The Morgan fingerprint density at radius 2 is 2.11 bits per heavy atom. The van der Waals surface area contributed by atoms with Crippen molar-refractivity contribution in [3.8, 4) is 5.82 Å². The van der Waals surface area contributed by atoms with Crippen LogP contribution in [0.2, 0.25) is 0 Å². The molecule has 0 aromatic carbocycles. The number of nitrogens with one attached hydrogen (secondary N) is 1. The van der Waals surface area contributed by atoms with Gasteiger partial charge in [-0.15, -0.1) is 0 Å². The summed E-state index contributed by atoms with van der Waals surface area (Å²) in [6.07, 6.45) is 3.84. The molecule has 0 aliphatic carbocycles. The van der Waals surface area contributed by atoms with Gasteiger partial charge in [0.05, 0.1) is 5.69 Å². The summed E-state index contributed by atoms with van der Waals surface area (Å²) in [4.78, 5) is 9.02. The first-order valence-electron chi connectivity index (χ1n) is 6.37. The zero-order valence-corrected chi connectivity index (χ0v) is 11.1. The third-order valence-electron chi connectivity index (χ3n) is 2.55. The molecule has 0 unspecified atom stereocenters. The molecule has 0 fully saturated rings. The van der Waals surface area contributed by atoms with Crippen LogP contribution in [0.5, 0.6) is 0 Å². The van der Waals surface area contributed by atoms with E-state index in [-0.39, 0.29) is 0 Å². The number of aromatic nitrogens is 4. The van der Waals surface area contributed by atoms with Crippen molar-refractivity contribution in [3.05, 3.63) is 29.8 Å². The first-order chi connectivity index (χ1) is 8.72. The van der Waals surface area contributed by atoms with E-state index in [0.29, 0.717) is 0 Å². The molecule has 2 heterocycles. The van der Waals surface area contributed by atoms with Gasteiger partial charge >= 0.3 is 0 Å². The number of nitrogens with zero attached hydrogens (tertiary/aromatic N) is 4. The minimum absolute atomic E-state index is 0.817. The van der Waals surface area contributed by atoms with E-state index in [1.165, 1.54) is 0 Å². The highest BCUT2D eigenvalue weighted by atomic mass is 15.3. The van der Waals surface area contributed by atoms with Crippen molar-refractivity contribution in [1.82, 2.24) is 19.7 Å². The second kappa shape index (κ2) is 5.62. The van der Waals surface area contributed by atoms with Gasteiger partial charge in [0.2, 0.25) is 0 Å². The normalized spacial score (nSPS) is 10.6. The molecule has 0 radical (unpaired) electrons. The Labute approximate surface area is 107 Å². The monoisotopic (exact) mass is 245 g/mol. The maximum absolute atomic E-state index is 4.54. The van der Waals surface area contributed by atoms with E-state index in [4.69, 9.17) is 0 Å². The van der Waals surface area contributed by atoms with Crippen molar-refractivity contribution < 1.29 is 0 Å². The van der Waals surface area contributed by atoms with Crippen LogP contribution >= 0.6 is 0 Å². The predicted molar refractivity (Wildman–Crippen MR) is 72.0 cm³/mol. The maximum Gasteiger partial charge on any atom is 0.159 e. The van der Waals surface area contributed by atoms with Crippen molar-refractivity contribution in [2.24, 2.45) is 0 Å². The minimum Gasteiger partial charge on any atom is -0.370 e. The number of hydrogen-bond donors (Lipinski definition) is 1. The fourth-order valence-electron chi connectivity index (χ4n) is 1.75. The summed E-state index contributed by atoms with van der Waals surface area (Å²) in [5.74, 6) is 2.54.